The third kappa shape index (κ3) is 2.99. The molecule has 0 aliphatic heterocycles. The number of carbonyl (C=O) groups excluding carboxylic acids is 1. The second-order valence-electron chi connectivity index (χ2n) is 4.82. The van der Waals surface area contributed by atoms with Crippen LogP contribution in [0.5, 0.6) is 0 Å². The van der Waals surface area contributed by atoms with E-state index in [2.05, 4.69) is 5.10 Å². The SMILES string of the molecule is Cc1nn(C)c(C)c1/C=C/C(=O)N(C)Cc1ccco1. The molecule has 5 heteroatoms. The predicted molar refractivity (Wildman–Crippen MR) is 76.9 cm³/mol. The largest absolute Gasteiger partial charge is 0.467 e. The highest BCUT2D eigenvalue weighted by Crippen LogP contribution is 2.14. The first-order chi connectivity index (χ1) is 9.49. The Morgan fingerprint density at radius 1 is 1.50 bits per heavy atom. The normalized spacial score (nSPS) is 11.2. The summed E-state index contributed by atoms with van der Waals surface area (Å²) >= 11 is 0. The first-order valence-corrected chi connectivity index (χ1v) is 6.45. The summed E-state index contributed by atoms with van der Waals surface area (Å²) in [5.74, 6) is 0.701. The number of furan rings is 1. The molecule has 0 saturated carbocycles. The number of aryl methyl sites for hydroxylation is 2. The van der Waals surface area contributed by atoms with E-state index < -0.39 is 0 Å². The van der Waals surface area contributed by atoms with E-state index in [0.717, 1.165) is 22.7 Å². The summed E-state index contributed by atoms with van der Waals surface area (Å²) < 4.78 is 7.04. The first-order valence-electron chi connectivity index (χ1n) is 6.45. The van der Waals surface area contributed by atoms with Gasteiger partial charge in [0.1, 0.15) is 5.76 Å². The summed E-state index contributed by atoms with van der Waals surface area (Å²) in [4.78, 5) is 13.6. The minimum atomic E-state index is -0.0657. The van der Waals surface area contributed by atoms with Gasteiger partial charge in [0.15, 0.2) is 0 Å². The minimum Gasteiger partial charge on any atom is -0.467 e. The van der Waals surface area contributed by atoms with Crippen molar-refractivity contribution >= 4 is 12.0 Å². The monoisotopic (exact) mass is 273 g/mol. The number of carbonyl (C=O) groups is 1. The van der Waals surface area contributed by atoms with Gasteiger partial charge >= 0.3 is 0 Å². The summed E-state index contributed by atoms with van der Waals surface area (Å²) in [5, 5.41) is 4.32. The molecule has 2 aromatic rings. The third-order valence-electron chi connectivity index (χ3n) is 3.31. The molecule has 0 aromatic carbocycles. The number of likely N-dealkylation sites (N-methyl/N-ethyl adjacent to an activating group) is 1. The lowest BCUT2D eigenvalue weighted by Gasteiger charge is -2.12. The Labute approximate surface area is 118 Å². The molecule has 0 saturated heterocycles. The average Bonchev–Trinajstić information content (AvgIpc) is 2.98. The zero-order valence-electron chi connectivity index (χ0n) is 12.3. The van der Waals surface area contributed by atoms with Crippen molar-refractivity contribution in [2.24, 2.45) is 7.05 Å². The summed E-state index contributed by atoms with van der Waals surface area (Å²) in [5.41, 5.74) is 2.95. The van der Waals surface area contributed by atoms with E-state index in [0.29, 0.717) is 6.54 Å². The lowest BCUT2D eigenvalue weighted by atomic mass is 10.2. The number of nitrogens with zero attached hydrogens (tertiary/aromatic N) is 3. The molecule has 106 valence electrons. The van der Waals surface area contributed by atoms with Crippen molar-refractivity contribution in [2.75, 3.05) is 7.05 Å². The molecule has 0 N–H and O–H groups in total. The zero-order chi connectivity index (χ0) is 14.7. The highest BCUT2D eigenvalue weighted by Gasteiger charge is 2.09. The van der Waals surface area contributed by atoms with Gasteiger partial charge < -0.3 is 9.32 Å². The Morgan fingerprint density at radius 2 is 2.25 bits per heavy atom. The Kier molecular flexibility index (Phi) is 4.08. The standard InChI is InChI=1S/C15H19N3O2/c1-11-14(12(2)18(4)16-11)7-8-15(19)17(3)10-13-6-5-9-20-13/h5-9H,10H2,1-4H3/b8-7+. The molecule has 2 rings (SSSR count). The fourth-order valence-electron chi connectivity index (χ4n) is 2.03. The van der Waals surface area contributed by atoms with Crippen LogP contribution in [0.3, 0.4) is 0 Å². The summed E-state index contributed by atoms with van der Waals surface area (Å²) in [6.07, 6.45) is 4.99. The van der Waals surface area contributed by atoms with Crippen LogP contribution >= 0.6 is 0 Å². The topological polar surface area (TPSA) is 51.3 Å². The molecule has 0 atom stereocenters. The summed E-state index contributed by atoms with van der Waals surface area (Å²) in [6.45, 7) is 4.38. The molecule has 0 unspecified atom stereocenters. The molecule has 20 heavy (non-hydrogen) atoms. The van der Waals surface area contributed by atoms with Crippen LogP contribution in [0.25, 0.3) is 6.08 Å². The highest BCUT2D eigenvalue weighted by atomic mass is 16.3. The maximum Gasteiger partial charge on any atom is 0.246 e. The van der Waals surface area contributed by atoms with Crippen molar-refractivity contribution in [1.82, 2.24) is 14.7 Å². The molecular weight excluding hydrogens is 254 g/mol. The van der Waals surface area contributed by atoms with Crippen LogP contribution in [0.4, 0.5) is 0 Å². The molecule has 0 bridgehead atoms. The second-order valence-corrected chi connectivity index (χ2v) is 4.82. The molecule has 2 aromatic heterocycles. The van der Waals surface area contributed by atoms with E-state index in [1.807, 2.05) is 43.8 Å². The van der Waals surface area contributed by atoms with E-state index in [-0.39, 0.29) is 5.91 Å². The van der Waals surface area contributed by atoms with Gasteiger partial charge in [-0.2, -0.15) is 5.10 Å². The fraction of sp³-hybridized carbons (Fsp3) is 0.333. The second kappa shape index (κ2) is 5.77. The van der Waals surface area contributed by atoms with Gasteiger partial charge in [-0.3, -0.25) is 9.48 Å². The summed E-state index contributed by atoms with van der Waals surface area (Å²) in [7, 11) is 3.64. The molecule has 0 radical (unpaired) electrons. The maximum atomic E-state index is 12.0. The number of rotatable bonds is 4. The molecule has 5 nitrogen and oxygen atoms in total. The molecule has 0 fully saturated rings. The van der Waals surface area contributed by atoms with Gasteiger partial charge in [-0.1, -0.05) is 0 Å². The molecule has 0 aliphatic rings. The van der Waals surface area contributed by atoms with E-state index in [4.69, 9.17) is 4.42 Å². The van der Waals surface area contributed by atoms with Gasteiger partial charge in [-0.05, 0) is 32.1 Å². The highest BCUT2D eigenvalue weighted by molar-refractivity contribution is 5.91. The van der Waals surface area contributed by atoms with Crippen LogP contribution in [0.15, 0.2) is 28.9 Å². The lowest BCUT2D eigenvalue weighted by Crippen LogP contribution is -2.23. The molecule has 0 spiro atoms. The lowest BCUT2D eigenvalue weighted by molar-refractivity contribution is -0.125. The Hall–Kier alpha value is -2.30. The van der Waals surface area contributed by atoms with Gasteiger partial charge in [0.2, 0.25) is 5.91 Å². The van der Waals surface area contributed by atoms with Crippen molar-refractivity contribution in [3.8, 4) is 0 Å². The number of amides is 1. The van der Waals surface area contributed by atoms with Crippen molar-refractivity contribution < 1.29 is 9.21 Å². The number of hydrogen-bond donors (Lipinski definition) is 0. The Bertz CT molecular complexity index is 624. The van der Waals surface area contributed by atoms with Crippen LogP contribution in [0.2, 0.25) is 0 Å². The molecule has 2 heterocycles. The van der Waals surface area contributed by atoms with Crippen molar-refractivity contribution in [2.45, 2.75) is 20.4 Å². The van der Waals surface area contributed by atoms with E-state index >= 15 is 0 Å². The van der Waals surface area contributed by atoms with Crippen molar-refractivity contribution in [3.63, 3.8) is 0 Å². The van der Waals surface area contributed by atoms with Crippen LogP contribution < -0.4 is 0 Å². The van der Waals surface area contributed by atoms with Gasteiger partial charge in [0.25, 0.3) is 0 Å². The van der Waals surface area contributed by atoms with Gasteiger partial charge in [0, 0.05) is 31.4 Å². The van der Waals surface area contributed by atoms with E-state index in [1.165, 1.54) is 0 Å². The molecular formula is C15H19N3O2. The Balaban J connectivity index is 2.05. The quantitative estimate of drug-likeness (QED) is 0.803. The van der Waals surface area contributed by atoms with Crippen LogP contribution in [-0.4, -0.2) is 27.6 Å². The minimum absolute atomic E-state index is 0.0657. The van der Waals surface area contributed by atoms with Crippen molar-refractivity contribution in [3.05, 3.63) is 47.2 Å². The van der Waals surface area contributed by atoms with Crippen LogP contribution in [-0.2, 0) is 18.4 Å². The van der Waals surface area contributed by atoms with Crippen LogP contribution in [0, 0.1) is 13.8 Å². The third-order valence-corrected chi connectivity index (χ3v) is 3.31. The number of aromatic nitrogens is 2. The first kappa shape index (κ1) is 14.1. The van der Waals surface area contributed by atoms with E-state index in [1.54, 1.807) is 24.3 Å². The Morgan fingerprint density at radius 3 is 2.80 bits per heavy atom. The van der Waals surface area contributed by atoms with Crippen LogP contribution in [0.1, 0.15) is 22.7 Å². The molecule has 1 amide bonds. The average molecular weight is 273 g/mol. The molecule has 0 aliphatic carbocycles. The van der Waals surface area contributed by atoms with Gasteiger partial charge in [-0.25, -0.2) is 0 Å². The summed E-state index contributed by atoms with van der Waals surface area (Å²) in [6, 6.07) is 3.66. The maximum absolute atomic E-state index is 12.0. The smallest absolute Gasteiger partial charge is 0.246 e. The van der Waals surface area contributed by atoms with E-state index in [9.17, 15) is 4.79 Å². The fourth-order valence-corrected chi connectivity index (χ4v) is 2.03. The zero-order valence-corrected chi connectivity index (χ0v) is 12.3. The van der Waals surface area contributed by atoms with Gasteiger partial charge in [-0.15, -0.1) is 0 Å². The number of hydrogen-bond acceptors (Lipinski definition) is 3. The van der Waals surface area contributed by atoms with Gasteiger partial charge in [0.05, 0.1) is 18.5 Å². The van der Waals surface area contributed by atoms with Crippen molar-refractivity contribution in [1.29, 1.82) is 0 Å². The predicted octanol–water partition coefficient (Wildman–Crippen LogP) is 2.30.